The molecule has 0 aromatic heterocycles. The lowest BCUT2D eigenvalue weighted by Gasteiger charge is -2.14. The molecule has 0 aliphatic carbocycles. The first-order chi connectivity index (χ1) is 9.30. The molecule has 0 radical (unpaired) electrons. The summed E-state index contributed by atoms with van der Waals surface area (Å²) in [5, 5.41) is 7.77. The number of hydrogen-bond acceptors (Lipinski definition) is 2. The summed E-state index contributed by atoms with van der Waals surface area (Å²) in [5.74, 6) is 0. The van der Waals surface area contributed by atoms with Gasteiger partial charge in [0.25, 0.3) is 0 Å². The van der Waals surface area contributed by atoms with Gasteiger partial charge in [0.05, 0.1) is 11.3 Å². The molecule has 0 aliphatic heterocycles. The molecule has 0 heterocycles. The van der Waals surface area contributed by atoms with Gasteiger partial charge >= 0.3 is 12.2 Å². The molecule has 0 fully saturated rings. The van der Waals surface area contributed by atoms with Gasteiger partial charge in [-0.25, -0.2) is 4.79 Å². The van der Waals surface area contributed by atoms with E-state index in [-0.39, 0.29) is 11.7 Å². The van der Waals surface area contributed by atoms with Gasteiger partial charge in [0.1, 0.15) is 0 Å². The van der Waals surface area contributed by atoms with E-state index >= 15 is 0 Å². The van der Waals surface area contributed by atoms with E-state index in [2.05, 4.69) is 16.0 Å². The van der Waals surface area contributed by atoms with Crippen LogP contribution in [0.2, 0.25) is 0 Å². The second-order valence-electron chi connectivity index (χ2n) is 4.53. The lowest BCUT2D eigenvalue weighted by atomic mass is 10.1. The molecule has 0 saturated heterocycles. The minimum Gasteiger partial charge on any atom is -0.337 e. The number of para-hydroxylation sites is 1. The molecule has 0 aliphatic rings. The Hall–Kier alpha value is -1.76. The number of hydrogen-bond donors (Lipinski definition) is 3. The molecule has 0 unspecified atom stereocenters. The Labute approximate surface area is 115 Å². The number of halogens is 3. The predicted octanol–water partition coefficient (Wildman–Crippen LogP) is 2.82. The van der Waals surface area contributed by atoms with Crippen molar-refractivity contribution in [1.29, 1.82) is 0 Å². The largest absolute Gasteiger partial charge is 0.418 e. The first-order valence-corrected chi connectivity index (χ1v) is 6.25. The topological polar surface area (TPSA) is 53.2 Å². The van der Waals surface area contributed by atoms with Crippen molar-refractivity contribution in [1.82, 2.24) is 10.6 Å². The Bertz CT molecular complexity index is 447. The van der Waals surface area contributed by atoms with Gasteiger partial charge in [-0.05, 0) is 12.1 Å². The molecule has 7 heteroatoms. The van der Waals surface area contributed by atoms with E-state index in [4.69, 9.17) is 0 Å². The molecule has 2 amide bonds. The van der Waals surface area contributed by atoms with E-state index in [9.17, 15) is 18.0 Å². The van der Waals surface area contributed by atoms with Crippen molar-refractivity contribution >= 4 is 11.7 Å². The van der Waals surface area contributed by atoms with Gasteiger partial charge in [-0.15, -0.1) is 0 Å². The van der Waals surface area contributed by atoms with E-state index in [1.165, 1.54) is 18.2 Å². The maximum absolute atomic E-state index is 12.7. The number of carbonyl (C=O) groups is 1. The smallest absolute Gasteiger partial charge is 0.337 e. The molecular formula is C13H18F3N3O. The first-order valence-electron chi connectivity index (χ1n) is 6.25. The number of amides is 2. The van der Waals surface area contributed by atoms with Crippen molar-refractivity contribution in [2.24, 2.45) is 0 Å². The van der Waals surface area contributed by atoms with Crippen molar-refractivity contribution in [2.75, 3.05) is 18.4 Å². The second kappa shape index (κ2) is 7.14. The van der Waals surface area contributed by atoms with E-state index in [1.807, 2.05) is 13.8 Å². The average molecular weight is 289 g/mol. The van der Waals surface area contributed by atoms with Crippen LogP contribution in [0.1, 0.15) is 19.4 Å². The Morgan fingerprint density at radius 2 is 1.85 bits per heavy atom. The number of alkyl halides is 3. The third-order valence-electron chi connectivity index (χ3n) is 2.44. The maximum Gasteiger partial charge on any atom is 0.418 e. The molecule has 0 spiro atoms. The number of benzene rings is 1. The lowest BCUT2D eigenvalue weighted by Crippen LogP contribution is -2.37. The van der Waals surface area contributed by atoms with Crippen LogP contribution in [0, 0.1) is 0 Å². The fraction of sp³-hybridized carbons (Fsp3) is 0.462. The highest BCUT2D eigenvalue weighted by molar-refractivity contribution is 5.90. The summed E-state index contributed by atoms with van der Waals surface area (Å²) in [7, 11) is 0. The van der Waals surface area contributed by atoms with Crippen LogP contribution in [-0.4, -0.2) is 25.2 Å². The second-order valence-corrected chi connectivity index (χ2v) is 4.53. The summed E-state index contributed by atoms with van der Waals surface area (Å²) >= 11 is 0. The summed E-state index contributed by atoms with van der Waals surface area (Å²) < 4.78 is 38.1. The van der Waals surface area contributed by atoms with Gasteiger partial charge < -0.3 is 16.0 Å². The molecule has 0 saturated carbocycles. The number of nitrogens with one attached hydrogen (secondary N) is 3. The third kappa shape index (κ3) is 5.48. The van der Waals surface area contributed by atoms with Crippen LogP contribution in [0.5, 0.6) is 0 Å². The Balaban J connectivity index is 2.54. The van der Waals surface area contributed by atoms with Crippen molar-refractivity contribution in [3.05, 3.63) is 29.8 Å². The Morgan fingerprint density at radius 1 is 1.20 bits per heavy atom. The van der Waals surface area contributed by atoms with E-state index in [0.717, 1.165) is 6.07 Å². The van der Waals surface area contributed by atoms with E-state index in [1.54, 1.807) is 0 Å². The summed E-state index contributed by atoms with van der Waals surface area (Å²) in [6.45, 7) is 4.80. The quantitative estimate of drug-likeness (QED) is 0.730. The standard InChI is InChI=1S/C13H18F3N3O/c1-9(2)17-7-8-18-12(20)19-11-6-4-3-5-10(11)13(14,15)16/h3-6,9,17H,7-8H2,1-2H3,(H2,18,19,20). The lowest BCUT2D eigenvalue weighted by molar-refractivity contribution is -0.136. The van der Waals surface area contributed by atoms with Crippen LogP contribution in [0.25, 0.3) is 0 Å². The van der Waals surface area contributed by atoms with Gasteiger partial charge in [0.15, 0.2) is 0 Å². The molecule has 112 valence electrons. The molecule has 1 aromatic carbocycles. The minimum absolute atomic E-state index is 0.255. The zero-order valence-corrected chi connectivity index (χ0v) is 11.3. The van der Waals surface area contributed by atoms with Crippen LogP contribution in [0.15, 0.2) is 24.3 Å². The summed E-state index contributed by atoms with van der Waals surface area (Å²) in [6.07, 6.45) is -4.50. The molecule has 1 rings (SSSR count). The molecular weight excluding hydrogens is 271 g/mol. The van der Waals surface area contributed by atoms with Gasteiger partial charge in [0.2, 0.25) is 0 Å². The van der Waals surface area contributed by atoms with E-state index < -0.39 is 17.8 Å². The maximum atomic E-state index is 12.7. The average Bonchev–Trinajstić information content (AvgIpc) is 2.34. The summed E-state index contributed by atoms with van der Waals surface area (Å²) in [4.78, 5) is 11.5. The van der Waals surface area contributed by atoms with Crippen LogP contribution >= 0.6 is 0 Å². The van der Waals surface area contributed by atoms with Crippen LogP contribution in [-0.2, 0) is 6.18 Å². The highest BCUT2D eigenvalue weighted by Gasteiger charge is 2.33. The Morgan fingerprint density at radius 3 is 2.45 bits per heavy atom. The number of urea groups is 1. The normalized spacial score (nSPS) is 11.5. The first kappa shape index (κ1) is 16.3. The van der Waals surface area contributed by atoms with Gasteiger partial charge in [-0.1, -0.05) is 26.0 Å². The third-order valence-corrected chi connectivity index (χ3v) is 2.44. The van der Waals surface area contributed by atoms with Gasteiger partial charge in [0, 0.05) is 19.1 Å². The Kier molecular flexibility index (Phi) is 5.82. The van der Waals surface area contributed by atoms with Crippen LogP contribution in [0.3, 0.4) is 0 Å². The van der Waals surface area contributed by atoms with Crippen molar-refractivity contribution < 1.29 is 18.0 Å². The predicted molar refractivity (Wildman–Crippen MR) is 71.6 cm³/mol. The highest BCUT2D eigenvalue weighted by Crippen LogP contribution is 2.34. The zero-order chi connectivity index (χ0) is 15.2. The highest BCUT2D eigenvalue weighted by atomic mass is 19.4. The van der Waals surface area contributed by atoms with Crippen molar-refractivity contribution in [3.8, 4) is 0 Å². The number of rotatable bonds is 5. The van der Waals surface area contributed by atoms with Crippen molar-refractivity contribution in [3.63, 3.8) is 0 Å². The molecule has 3 N–H and O–H groups in total. The number of carbonyl (C=O) groups excluding carboxylic acids is 1. The summed E-state index contributed by atoms with van der Waals surface area (Å²) in [6, 6.07) is 4.48. The fourth-order valence-electron chi connectivity index (χ4n) is 1.54. The SMILES string of the molecule is CC(C)NCCNC(=O)Nc1ccccc1C(F)(F)F. The summed E-state index contributed by atoms with van der Waals surface area (Å²) in [5.41, 5.74) is -1.12. The molecule has 4 nitrogen and oxygen atoms in total. The van der Waals surface area contributed by atoms with Gasteiger partial charge in [-0.3, -0.25) is 0 Å². The van der Waals surface area contributed by atoms with Crippen LogP contribution < -0.4 is 16.0 Å². The monoisotopic (exact) mass is 289 g/mol. The van der Waals surface area contributed by atoms with E-state index in [0.29, 0.717) is 13.1 Å². The number of anilines is 1. The van der Waals surface area contributed by atoms with Crippen molar-refractivity contribution in [2.45, 2.75) is 26.1 Å². The fourth-order valence-corrected chi connectivity index (χ4v) is 1.54. The van der Waals surface area contributed by atoms with Gasteiger partial charge in [-0.2, -0.15) is 13.2 Å². The minimum atomic E-state index is -4.50. The molecule has 1 aromatic rings. The van der Waals surface area contributed by atoms with Crippen LogP contribution in [0.4, 0.5) is 23.7 Å². The molecule has 0 bridgehead atoms. The zero-order valence-electron chi connectivity index (χ0n) is 11.3. The molecule has 20 heavy (non-hydrogen) atoms. The molecule has 0 atom stereocenters.